The zero-order chi connectivity index (χ0) is 28.4. The molecule has 0 radical (unpaired) electrons. The van der Waals surface area contributed by atoms with Crippen LogP contribution in [-0.2, 0) is 18.5 Å². The molecule has 2 aromatic carbocycles. The molecule has 6 rings (SSSR count). The largest absolute Gasteiger partial charge is 0.457 e. The zero-order valence-corrected chi connectivity index (χ0v) is 23.2. The number of H-pyrrole nitrogens is 1. The summed E-state index contributed by atoms with van der Waals surface area (Å²) in [7, 11) is 0. The first-order valence-electron chi connectivity index (χ1n) is 13.6. The number of ether oxygens (including phenoxy) is 1. The lowest BCUT2D eigenvalue weighted by Crippen LogP contribution is -2.23. The van der Waals surface area contributed by atoms with Gasteiger partial charge in [0.1, 0.15) is 17.2 Å². The average molecular weight is 549 g/mol. The molecule has 0 aliphatic carbocycles. The monoisotopic (exact) mass is 548 g/mol. The number of aromatic nitrogens is 5. The Bertz CT molecular complexity index is 1670. The molecule has 0 spiro atoms. The summed E-state index contributed by atoms with van der Waals surface area (Å²) >= 11 is 0. The molecule has 1 aliphatic heterocycles. The Hall–Kier alpha value is -4.96. The van der Waals surface area contributed by atoms with Gasteiger partial charge in [0.25, 0.3) is 0 Å². The van der Waals surface area contributed by atoms with Gasteiger partial charge in [-0.1, -0.05) is 12.1 Å². The topological polar surface area (TPSA) is 122 Å². The van der Waals surface area contributed by atoms with Gasteiger partial charge in [-0.2, -0.15) is 10.2 Å². The summed E-state index contributed by atoms with van der Waals surface area (Å²) in [5, 5.41) is 21.0. The van der Waals surface area contributed by atoms with Gasteiger partial charge in [-0.15, -0.1) is 0 Å². The van der Waals surface area contributed by atoms with Gasteiger partial charge in [0, 0.05) is 48.0 Å². The van der Waals surface area contributed by atoms with Gasteiger partial charge < -0.3 is 20.7 Å². The van der Waals surface area contributed by atoms with Crippen LogP contribution < -0.4 is 20.7 Å². The molecule has 3 aromatic heterocycles. The molecule has 5 aromatic rings. The third kappa shape index (κ3) is 5.97. The van der Waals surface area contributed by atoms with Gasteiger partial charge in [-0.3, -0.25) is 14.8 Å². The van der Waals surface area contributed by atoms with Gasteiger partial charge in [0.2, 0.25) is 0 Å². The quantitative estimate of drug-likeness (QED) is 0.201. The number of benzene rings is 2. The summed E-state index contributed by atoms with van der Waals surface area (Å²) < 4.78 is 7.89. The maximum absolute atomic E-state index is 13.1. The smallest absolute Gasteiger partial charge is 0.323 e. The maximum Gasteiger partial charge on any atom is 0.323 e. The minimum atomic E-state index is -0.352. The number of carbonyl (C=O) groups excluding carboxylic acids is 1. The van der Waals surface area contributed by atoms with E-state index in [0.717, 1.165) is 42.0 Å². The van der Waals surface area contributed by atoms with Crippen LogP contribution in [0.2, 0.25) is 0 Å². The van der Waals surface area contributed by atoms with Crippen molar-refractivity contribution in [2.75, 3.05) is 17.2 Å². The number of carbonyl (C=O) groups is 1. The van der Waals surface area contributed by atoms with Crippen molar-refractivity contribution in [3.05, 3.63) is 90.5 Å². The number of anilines is 2. The van der Waals surface area contributed by atoms with Crippen LogP contribution in [-0.4, -0.2) is 37.5 Å². The number of nitrogens with one attached hydrogen (secondary N) is 4. The fourth-order valence-electron chi connectivity index (χ4n) is 4.70. The zero-order valence-electron chi connectivity index (χ0n) is 23.2. The fourth-order valence-corrected chi connectivity index (χ4v) is 4.70. The second kappa shape index (κ2) is 10.9. The van der Waals surface area contributed by atoms with Gasteiger partial charge in [-0.05, 0) is 81.3 Å². The molecule has 2 amide bonds. The van der Waals surface area contributed by atoms with Crippen LogP contribution in [0.15, 0.2) is 79.4 Å². The Morgan fingerprint density at radius 3 is 2.61 bits per heavy atom. The van der Waals surface area contributed by atoms with E-state index >= 15 is 0 Å². The molecule has 41 heavy (non-hydrogen) atoms. The normalized spacial score (nSPS) is 13.0. The Balaban J connectivity index is 1.16. The van der Waals surface area contributed by atoms with Gasteiger partial charge in [-0.25, -0.2) is 4.79 Å². The summed E-state index contributed by atoms with van der Waals surface area (Å²) in [5.41, 5.74) is 7.02. The Morgan fingerprint density at radius 1 is 0.976 bits per heavy atom. The number of pyridine rings is 1. The molecule has 10 heteroatoms. The van der Waals surface area contributed by atoms with Crippen LogP contribution in [0.4, 0.5) is 16.2 Å². The van der Waals surface area contributed by atoms with Gasteiger partial charge >= 0.3 is 6.03 Å². The molecular weight excluding hydrogens is 516 g/mol. The molecule has 10 nitrogen and oxygen atoms in total. The number of nitrogens with zero attached hydrogens (tertiary/aromatic N) is 4. The second-order valence-electron chi connectivity index (χ2n) is 11.0. The van der Waals surface area contributed by atoms with E-state index in [4.69, 9.17) is 9.84 Å². The van der Waals surface area contributed by atoms with Crippen molar-refractivity contribution in [2.24, 2.45) is 0 Å². The minimum absolute atomic E-state index is 0.243. The molecule has 4 heterocycles. The third-order valence-electron chi connectivity index (χ3n) is 6.89. The van der Waals surface area contributed by atoms with E-state index in [1.54, 1.807) is 48.9 Å². The van der Waals surface area contributed by atoms with Crippen LogP contribution in [0.1, 0.15) is 31.9 Å². The second-order valence-corrected chi connectivity index (χ2v) is 11.0. The van der Waals surface area contributed by atoms with Crippen molar-refractivity contribution in [1.29, 1.82) is 0 Å². The highest BCUT2D eigenvalue weighted by molar-refractivity contribution is 6.01. The standard InChI is InChI=1S/C31H32N8O2/c1-31(2,3)39-19-28(29(38-39)21-4-5-22-16-32-12-10-20(22)14-21)37-30(40)36-24-6-8-25(9-7-24)41-26-11-13-33-27(15-26)23-17-34-35-18-23/h4-9,11,13-15,17-19,32H,10,12,16H2,1-3H3,(H,34,35)(H2,36,37,40). The fraction of sp³-hybridized carbons (Fsp3) is 0.226. The van der Waals surface area contributed by atoms with E-state index < -0.39 is 0 Å². The van der Waals surface area contributed by atoms with Crippen LogP contribution in [0.5, 0.6) is 11.5 Å². The molecule has 0 atom stereocenters. The Morgan fingerprint density at radius 2 is 1.83 bits per heavy atom. The number of amides is 2. The van der Waals surface area contributed by atoms with Crippen LogP contribution >= 0.6 is 0 Å². The molecular formula is C31H32N8O2. The van der Waals surface area contributed by atoms with Gasteiger partial charge in [0.05, 0.1) is 23.1 Å². The molecule has 0 saturated carbocycles. The third-order valence-corrected chi connectivity index (χ3v) is 6.89. The number of aromatic amines is 1. The van der Waals surface area contributed by atoms with Crippen molar-refractivity contribution in [3.8, 4) is 34.0 Å². The predicted octanol–water partition coefficient (Wildman–Crippen LogP) is 6.17. The molecule has 0 saturated heterocycles. The van der Waals surface area contributed by atoms with E-state index in [-0.39, 0.29) is 11.6 Å². The number of fused-ring (bicyclic) bond motifs is 1. The summed E-state index contributed by atoms with van der Waals surface area (Å²) in [6.45, 7) is 8.08. The summed E-state index contributed by atoms with van der Waals surface area (Å²) in [6, 6.07) is 16.9. The van der Waals surface area contributed by atoms with Crippen molar-refractivity contribution in [2.45, 2.75) is 39.3 Å². The van der Waals surface area contributed by atoms with Gasteiger partial charge in [0.15, 0.2) is 0 Å². The van der Waals surface area contributed by atoms with Crippen molar-refractivity contribution in [1.82, 2.24) is 30.3 Å². The Kier molecular flexibility index (Phi) is 6.98. The van der Waals surface area contributed by atoms with Crippen molar-refractivity contribution in [3.63, 3.8) is 0 Å². The molecule has 0 bridgehead atoms. The molecule has 4 N–H and O–H groups in total. The number of urea groups is 1. The summed E-state index contributed by atoms with van der Waals surface area (Å²) in [6.07, 6.45) is 8.03. The highest BCUT2D eigenvalue weighted by atomic mass is 16.5. The molecule has 0 unspecified atom stereocenters. The van der Waals surface area contributed by atoms with Crippen LogP contribution in [0.3, 0.4) is 0 Å². The lowest BCUT2D eigenvalue weighted by atomic mass is 9.97. The minimum Gasteiger partial charge on any atom is -0.457 e. The van der Waals surface area contributed by atoms with E-state index in [0.29, 0.717) is 22.9 Å². The number of hydrogen-bond acceptors (Lipinski definition) is 6. The average Bonchev–Trinajstić information content (AvgIpc) is 3.65. The van der Waals surface area contributed by atoms with Crippen molar-refractivity contribution < 1.29 is 9.53 Å². The van der Waals surface area contributed by atoms with E-state index in [2.05, 4.69) is 70.1 Å². The molecule has 0 fully saturated rings. The van der Waals surface area contributed by atoms with E-state index in [1.807, 2.05) is 16.9 Å². The highest BCUT2D eigenvalue weighted by Crippen LogP contribution is 2.32. The number of rotatable bonds is 6. The first-order valence-corrected chi connectivity index (χ1v) is 13.6. The predicted molar refractivity (Wildman–Crippen MR) is 159 cm³/mol. The van der Waals surface area contributed by atoms with Crippen molar-refractivity contribution >= 4 is 17.4 Å². The highest BCUT2D eigenvalue weighted by Gasteiger charge is 2.21. The lowest BCUT2D eigenvalue weighted by molar-refractivity contribution is 0.262. The summed E-state index contributed by atoms with van der Waals surface area (Å²) in [5.74, 6) is 1.29. The summed E-state index contributed by atoms with van der Waals surface area (Å²) in [4.78, 5) is 17.4. The van der Waals surface area contributed by atoms with E-state index in [9.17, 15) is 4.79 Å². The van der Waals surface area contributed by atoms with Crippen LogP contribution in [0.25, 0.3) is 22.5 Å². The van der Waals surface area contributed by atoms with E-state index in [1.165, 1.54) is 11.1 Å². The molecule has 208 valence electrons. The first-order chi connectivity index (χ1) is 19.8. The first kappa shape index (κ1) is 26.3. The lowest BCUT2D eigenvalue weighted by Gasteiger charge is -2.19. The number of hydrogen-bond donors (Lipinski definition) is 4. The Labute approximate surface area is 238 Å². The maximum atomic E-state index is 13.1. The SMILES string of the molecule is CC(C)(C)n1cc(NC(=O)Nc2ccc(Oc3ccnc(-c4cn[nH]c4)c3)cc2)c(-c2ccc3c(c2)CCNC3)n1. The molecule has 1 aliphatic rings. The van der Waals surface area contributed by atoms with Crippen LogP contribution in [0, 0.1) is 0 Å².